The third-order valence-corrected chi connectivity index (χ3v) is 5.62. The number of benzene rings is 2. The molecule has 1 fully saturated rings. The first kappa shape index (κ1) is 20.8. The zero-order valence-electron chi connectivity index (χ0n) is 17.4. The number of hydrogen-bond acceptors (Lipinski definition) is 4. The number of aromatic nitrogens is 2. The van der Waals surface area contributed by atoms with Crippen molar-refractivity contribution in [1.82, 2.24) is 19.8 Å². The minimum Gasteiger partial charge on any atom is -0.352 e. The molecule has 1 aromatic heterocycles. The summed E-state index contributed by atoms with van der Waals surface area (Å²) in [6.07, 6.45) is 4.55. The fraction of sp³-hybridized carbons (Fsp3) is 0.333. The second kappa shape index (κ2) is 9.55. The molecule has 1 N–H and O–H groups in total. The van der Waals surface area contributed by atoms with E-state index >= 15 is 0 Å². The second-order valence-electron chi connectivity index (χ2n) is 7.84. The van der Waals surface area contributed by atoms with Gasteiger partial charge in [0.05, 0.1) is 17.2 Å². The molecule has 1 aliphatic heterocycles. The van der Waals surface area contributed by atoms with Crippen molar-refractivity contribution in [2.75, 3.05) is 13.1 Å². The van der Waals surface area contributed by atoms with E-state index in [4.69, 9.17) is 0 Å². The lowest BCUT2D eigenvalue weighted by atomic mass is 10.1. The number of amides is 2. The van der Waals surface area contributed by atoms with Gasteiger partial charge in [-0.2, -0.15) is 0 Å². The Bertz CT molecular complexity index is 1130. The molecule has 0 spiro atoms. The van der Waals surface area contributed by atoms with E-state index < -0.39 is 0 Å². The number of para-hydroxylation sites is 1. The predicted octanol–water partition coefficient (Wildman–Crippen LogP) is 2.73. The summed E-state index contributed by atoms with van der Waals surface area (Å²) in [6, 6.07) is 14.6. The van der Waals surface area contributed by atoms with Crippen LogP contribution in [-0.2, 0) is 17.9 Å². The average Bonchev–Trinajstić information content (AvgIpc) is 3.34. The molecular formula is C24H26N4O3. The number of nitrogens with zero attached hydrogens (tertiary/aromatic N) is 3. The standard InChI is InChI=1S/C24H26N4O3/c29-22(8-5-15-28-17-26-21-7-2-1-6-20(21)24(28)31)25-16-18-9-11-19(12-10-18)23(30)27-13-3-4-14-27/h1-2,6-7,9-12,17H,3-5,8,13-16H2,(H,25,29). The van der Waals surface area contributed by atoms with Crippen LogP contribution in [0.2, 0.25) is 0 Å². The number of rotatable bonds is 7. The van der Waals surface area contributed by atoms with Crippen molar-refractivity contribution in [2.24, 2.45) is 0 Å². The molecule has 3 aromatic rings. The van der Waals surface area contributed by atoms with Crippen LogP contribution in [0.1, 0.15) is 41.6 Å². The average molecular weight is 418 g/mol. The maximum atomic E-state index is 12.5. The van der Waals surface area contributed by atoms with E-state index in [1.54, 1.807) is 10.6 Å². The molecule has 0 aliphatic carbocycles. The summed E-state index contributed by atoms with van der Waals surface area (Å²) in [4.78, 5) is 43.2. The molecule has 2 aromatic carbocycles. The normalized spacial score (nSPS) is 13.5. The summed E-state index contributed by atoms with van der Waals surface area (Å²) in [6.45, 7) is 2.52. The molecule has 0 atom stereocenters. The molecule has 7 heteroatoms. The smallest absolute Gasteiger partial charge is 0.261 e. The summed E-state index contributed by atoms with van der Waals surface area (Å²) in [5.41, 5.74) is 2.22. The molecule has 31 heavy (non-hydrogen) atoms. The van der Waals surface area contributed by atoms with Crippen LogP contribution in [0.15, 0.2) is 59.7 Å². The van der Waals surface area contributed by atoms with Crippen LogP contribution in [0.3, 0.4) is 0 Å². The van der Waals surface area contributed by atoms with Gasteiger partial charge in [0.25, 0.3) is 11.5 Å². The van der Waals surface area contributed by atoms with E-state index in [-0.39, 0.29) is 17.4 Å². The highest BCUT2D eigenvalue weighted by atomic mass is 16.2. The molecule has 1 saturated heterocycles. The van der Waals surface area contributed by atoms with E-state index in [9.17, 15) is 14.4 Å². The van der Waals surface area contributed by atoms with Crippen molar-refractivity contribution >= 4 is 22.7 Å². The minimum atomic E-state index is -0.0884. The van der Waals surface area contributed by atoms with Gasteiger partial charge in [0.15, 0.2) is 0 Å². The van der Waals surface area contributed by atoms with Crippen molar-refractivity contribution in [3.05, 3.63) is 76.3 Å². The SMILES string of the molecule is O=C(CCCn1cnc2ccccc2c1=O)NCc1ccc(C(=O)N2CCCC2)cc1. The number of fused-ring (bicyclic) bond motifs is 1. The first-order chi connectivity index (χ1) is 15.1. The fourth-order valence-corrected chi connectivity index (χ4v) is 3.83. The van der Waals surface area contributed by atoms with E-state index in [1.165, 1.54) is 6.33 Å². The number of likely N-dealkylation sites (tertiary alicyclic amines) is 1. The highest BCUT2D eigenvalue weighted by Crippen LogP contribution is 2.13. The second-order valence-corrected chi connectivity index (χ2v) is 7.84. The van der Waals surface area contributed by atoms with Crippen LogP contribution >= 0.6 is 0 Å². The van der Waals surface area contributed by atoms with E-state index in [0.717, 1.165) is 31.5 Å². The lowest BCUT2D eigenvalue weighted by molar-refractivity contribution is -0.121. The van der Waals surface area contributed by atoms with Crippen molar-refractivity contribution in [3.8, 4) is 0 Å². The maximum Gasteiger partial charge on any atom is 0.261 e. The van der Waals surface area contributed by atoms with Gasteiger partial charge in [-0.3, -0.25) is 19.0 Å². The van der Waals surface area contributed by atoms with Crippen LogP contribution in [0.25, 0.3) is 10.9 Å². The Morgan fingerprint density at radius 2 is 1.74 bits per heavy atom. The van der Waals surface area contributed by atoms with Gasteiger partial charge in [0.1, 0.15) is 0 Å². The summed E-state index contributed by atoms with van der Waals surface area (Å²) in [5, 5.41) is 3.48. The molecule has 0 radical (unpaired) electrons. The first-order valence-electron chi connectivity index (χ1n) is 10.7. The van der Waals surface area contributed by atoms with Crippen LogP contribution in [0.5, 0.6) is 0 Å². The Balaban J connectivity index is 1.24. The van der Waals surface area contributed by atoms with Gasteiger partial charge >= 0.3 is 0 Å². The topological polar surface area (TPSA) is 84.3 Å². The lowest BCUT2D eigenvalue weighted by Crippen LogP contribution is -2.27. The molecule has 160 valence electrons. The van der Waals surface area contributed by atoms with Crippen molar-refractivity contribution in [3.63, 3.8) is 0 Å². The Kier molecular flexibility index (Phi) is 6.40. The van der Waals surface area contributed by atoms with Crippen LogP contribution in [0, 0.1) is 0 Å². The largest absolute Gasteiger partial charge is 0.352 e. The van der Waals surface area contributed by atoms with E-state index in [1.807, 2.05) is 47.4 Å². The van der Waals surface area contributed by atoms with Gasteiger partial charge in [-0.1, -0.05) is 24.3 Å². The third-order valence-electron chi connectivity index (χ3n) is 5.62. The molecule has 0 saturated carbocycles. The fourth-order valence-electron chi connectivity index (χ4n) is 3.83. The summed E-state index contributed by atoms with van der Waals surface area (Å²) < 4.78 is 1.55. The van der Waals surface area contributed by atoms with Crippen LogP contribution < -0.4 is 10.9 Å². The predicted molar refractivity (Wildman–Crippen MR) is 119 cm³/mol. The monoisotopic (exact) mass is 418 g/mol. The Labute approximate surface area is 180 Å². The number of hydrogen-bond donors (Lipinski definition) is 1. The van der Waals surface area contributed by atoms with Crippen LogP contribution in [0.4, 0.5) is 0 Å². The molecule has 4 rings (SSSR count). The number of carbonyl (C=O) groups excluding carboxylic acids is 2. The van der Waals surface area contributed by atoms with Crippen molar-refractivity contribution < 1.29 is 9.59 Å². The summed E-state index contributed by atoms with van der Waals surface area (Å²) in [5.74, 6) is 0.00512. The highest BCUT2D eigenvalue weighted by Gasteiger charge is 2.19. The Morgan fingerprint density at radius 3 is 2.52 bits per heavy atom. The first-order valence-corrected chi connectivity index (χ1v) is 10.7. The number of aryl methyl sites for hydroxylation is 1. The summed E-state index contributed by atoms with van der Waals surface area (Å²) in [7, 11) is 0. The van der Waals surface area contributed by atoms with Gasteiger partial charge in [-0.25, -0.2) is 4.98 Å². The Hall–Kier alpha value is -3.48. The molecule has 0 bridgehead atoms. The number of nitrogens with one attached hydrogen (secondary N) is 1. The van der Waals surface area contributed by atoms with Gasteiger partial charge in [0, 0.05) is 38.2 Å². The highest BCUT2D eigenvalue weighted by molar-refractivity contribution is 5.94. The summed E-state index contributed by atoms with van der Waals surface area (Å²) >= 11 is 0. The molecule has 1 aliphatic rings. The molecule has 2 heterocycles. The number of carbonyl (C=O) groups is 2. The molecular weight excluding hydrogens is 392 g/mol. The Morgan fingerprint density at radius 1 is 1.00 bits per heavy atom. The van der Waals surface area contributed by atoms with Crippen molar-refractivity contribution in [2.45, 2.75) is 38.8 Å². The van der Waals surface area contributed by atoms with Gasteiger partial charge < -0.3 is 10.2 Å². The van der Waals surface area contributed by atoms with Crippen molar-refractivity contribution in [1.29, 1.82) is 0 Å². The minimum absolute atomic E-state index is 0.0704. The zero-order chi connectivity index (χ0) is 21.6. The third kappa shape index (κ3) is 4.99. The van der Waals surface area contributed by atoms with Gasteiger partial charge in [0.2, 0.25) is 5.91 Å². The molecule has 0 unspecified atom stereocenters. The lowest BCUT2D eigenvalue weighted by Gasteiger charge is -2.15. The molecule has 7 nitrogen and oxygen atoms in total. The molecule has 2 amide bonds. The van der Waals surface area contributed by atoms with Crippen LogP contribution in [-0.4, -0.2) is 39.4 Å². The maximum absolute atomic E-state index is 12.5. The van der Waals surface area contributed by atoms with E-state index in [2.05, 4.69) is 10.3 Å². The van der Waals surface area contributed by atoms with Gasteiger partial charge in [-0.05, 0) is 49.1 Å². The quantitative estimate of drug-likeness (QED) is 0.639. The van der Waals surface area contributed by atoms with E-state index in [0.29, 0.717) is 42.4 Å². The van der Waals surface area contributed by atoms with Gasteiger partial charge in [-0.15, -0.1) is 0 Å². The zero-order valence-corrected chi connectivity index (χ0v) is 17.4.